The van der Waals surface area contributed by atoms with Crippen LogP contribution in [-0.2, 0) is 19.1 Å². The van der Waals surface area contributed by atoms with Gasteiger partial charge in [-0.3, -0.25) is 9.28 Å². The predicted molar refractivity (Wildman–Crippen MR) is 92.6 cm³/mol. The lowest BCUT2D eigenvalue weighted by atomic mass is 9.87. The van der Waals surface area contributed by atoms with Gasteiger partial charge in [-0.15, -0.1) is 0 Å². The van der Waals surface area contributed by atoms with Crippen LogP contribution in [0.15, 0.2) is 23.8 Å². The van der Waals surface area contributed by atoms with Crippen molar-refractivity contribution in [3.8, 4) is 0 Å². The van der Waals surface area contributed by atoms with Gasteiger partial charge in [-0.25, -0.2) is 4.79 Å². The summed E-state index contributed by atoms with van der Waals surface area (Å²) in [5.41, 5.74) is -2.58. The molecule has 0 aromatic heterocycles. The van der Waals surface area contributed by atoms with Crippen LogP contribution in [0.5, 0.6) is 0 Å². The summed E-state index contributed by atoms with van der Waals surface area (Å²) in [4.78, 5) is 25.2. The molecule has 0 aromatic carbocycles. The Morgan fingerprint density at radius 3 is 2.73 bits per heavy atom. The number of carbonyl (C=O) groups excluding carboxylic acids is 2. The molecule has 7 heteroatoms. The van der Waals surface area contributed by atoms with Crippen molar-refractivity contribution in [2.45, 2.75) is 50.5 Å². The zero-order chi connectivity index (χ0) is 19.3. The molecule has 26 heavy (non-hydrogen) atoms. The summed E-state index contributed by atoms with van der Waals surface area (Å²) in [6.45, 7) is 8.01. The maximum absolute atomic E-state index is 12.7. The third kappa shape index (κ3) is 2.61. The van der Waals surface area contributed by atoms with Crippen molar-refractivity contribution in [2.75, 3.05) is 26.7 Å². The molecule has 3 aliphatic heterocycles. The van der Waals surface area contributed by atoms with E-state index in [0.717, 1.165) is 0 Å². The number of cyclic esters (lactones) is 1. The maximum Gasteiger partial charge on any atom is 0.342 e. The monoisotopic (exact) mass is 366 g/mol. The average Bonchev–Trinajstić information content (AvgIpc) is 2.98. The Morgan fingerprint density at radius 2 is 2.08 bits per heavy atom. The molecule has 0 aliphatic carbocycles. The van der Waals surface area contributed by atoms with E-state index in [4.69, 9.17) is 9.47 Å². The van der Waals surface area contributed by atoms with Gasteiger partial charge in [-0.05, 0) is 31.4 Å². The van der Waals surface area contributed by atoms with Crippen LogP contribution in [0.1, 0.15) is 33.1 Å². The number of hydrogen-bond acceptors (Lipinski definition) is 6. The second-order valence-electron chi connectivity index (χ2n) is 8.03. The number of ether oxygens (including phenoxy) is 2. The van der Waals surface area contributed by atoms with E-state index in [2.05, 4.69) is 6.58 Å². The molecule has 0 bridgehead atoms. The molecule has 3 aliphatic rings. The second kappa shape index (κ2) is 6.18. The molecule has 0 aromatic rings. The minimum absolute atomic E-state index is 0.122. The molecule has 144 valence electrons. The Balaban J connectivity index is 1.99. The first-order chi connectivity index (χ1) is 12.1. The van der Waals surface area contributed by atoms with E-state index in [-0.39, 0.29) is 18.6 Å². The summed E-state index contributed by atoms with van der Waals surface area (Å²) in [5, 5.41) is 22.0. The number of quaternary nitrogens is 1. The number of carbonyl (C=O) groups is 2. The van der Waals surface area contributed by atoms with Gasteiger partial charge in [-0.1, -0.05) is 13.5 Å². The summed E-state index contributed by atoms with van der Waals surface area (Å²) in [6, 6.07) is 0. The number of nitrogens with zero attached hydrogens (tertiary/aromatic N) is 1. The lowest BCUT2D eigenvalue weighted by Crippen LogP contribution is -2.61. The van der Waals surface area contributed by atoms with Crippen molar-refractivity contribution in [3.05, 3.63) is 23.8 Å². The molecular formula is C19H28NO6+. The van der Waals surface area contributed by atoms with Gasteiger partial charge in [0.2, 0.25) is 0 Å². The lowest BCUT2D eigenvalue weighted by molar-refractivity contribution is -0.955. The van der Waals surface area contributed by atoms with E-state index in [0.29, 0.717) is 36.0 Å². The van der Waals surface area contributed by atoms with Gasteiger partial charge >= 0.3 is 11.9 Å². The molecule has 3 rings (SSSR count). The van der Waals surface area contributed by atoms with Gasteiger partial charge in [0.1, 0.15) is 13.2 Å². The highest BCUT2D eigenvalue weighted by Crippen LogP contribution is 2.45. The second-order valence-corrected chi connectivity index (χ2v) is 8.03. The predicted octanol–water partition coefficient (Wildman–Crippen LogP) is 0.657. The molecule has 2 saturated heterocycles. The Morgan fingerprint density at radius 1 is 1.38 bits per heavy atom. The van der Waals surface area contributed by atoms with E-state index in [1.54, 1.807) is 0 Å². The third-order valence-electron chi connectivity index (χ3n) is 6.39. The number of esters is 2. The van der Waals surface area contributed by atoms with Crippen LogP contribution >= 0.6 is 0 Å². The van der Waals surface area contributed by atoms with Gasteiger partial charge in [-0.2, -0.15) is 0 Å². The minimum Gasteiger partial charge on any atom is -0.458 e. The third-order valence-corrected chi connectivity index (χ3v) is 6.39. The van der Waals surface area contributed by atoms with E-state index >= 15 is 0 Å². The molecule has 0 saturated carbocycles. The molecule has 4 unspecified atom stereocenters. The van der Waals surface area contributed by atoms with Crippen LogP contribution in [-0.4, -0.2) is 70.8 Å². The standard InChI is InChI=1S/C19H28NO6/c1-5-13-10-12(2)18(3,23)17(22)25-11-14-6-8-20(4)9-7-15(19(14,20)24)26-16(13)21/h6,13,15,23-24H,2,5,7-11H2,1,3-4H3/q+1/t13?,15-,18?,19?,20?/m1/s1. The topological polar surface area (TPSA) is 93.1 Å². The lowest BCUT2D eigenvalue weighted by Gasteiger charge is -2.40. The first-order valence-electron chi connectivity index (χ1n) is 9.11. The quantitative estimate of drug-likeness (QED) is 0.402. The van der Waals surface area contributed by atoms with Gasteiger partial charge in [0.25, 0.3) is 5.72 Å². The van der Waals surface area contributed by atoms with Crippen molar-refractivity contribution in [3.63, 3.8) is 0 Å². The number of rotatable bonds is 1. The summed E-state index contributed by atoms with van der Waals surface area (Å²) >= 11 is 0. The highest BCUT2D eigenvalue weighted by Gasteiger charge is 2.65. The summed E-state index contributed by atoms with van der Waals surface area (Å²) < 4.78 is 11.4. The number of hydrogen-bond donors (Lipinski definition) is 2. The fraction of sp³-hybridized carbons (Fsp3) is 0.684. The Kier molecular flexibility index (Phi) is 4.53. The van der Waals surface area contributed by atoms with E-state index < -0.39 is 35.3 Å². The smallest absolute Gasteiger partial charge is 0.342 e. The van der Waals surface area contributed by atoms with Crippen LogP contribution in [0, 0.1) is 5.92 Å². The van der Waals surface area contributed by atoms with E-state index in [9.17, 15) is 19.8 Å². The van der Waals surface area contributed by atoms with Gasteiger partial charge in [0.05, 0.1) is 25.1 Å². The molecule has 3 heterocycles. The summed E-state index contributed by atoms with van der Waals surface area (Å²) in [7, 11) is 1.90. The van der Waals surface area contributed by atoms with E-state index in [1.165, 1.54) is 6.92 Å². The largest absolute Gasteiger partial charge is 0.458 e. The highest BCUT2D eigenvalue weighted by molar-refractivity contribution is 5.83. The van der Waals surface area contributed by atoms with Crippen molar-refractivity contribution >= 4 is 11.9 Å². The first kappa shape index (κ1) is 19.1. The average molecular weight is 366 g/mol. The molecule has 5 atom stereocenters. The summed E-state index contributed by atoms with van der Waals surface area (Å²) in [5.74, 6) is -1.80. The normalized spacial score (nSPS) is 43.7. The zero-order valence-corrected chi connectivity index (χ0v) is 15.7. The van der Waals surface area contributed by atoms with Crippen LogP contribution < -0.4 is 0 Å². The van der Waals surface area contributed by atoms with E-state index in [1.807, 2.05) is 20.0 Å². The van der Waals surface area contributed by atoms with Crippen LogP contribution in [0.4, 0.5) is 0 Å². The fourth-order valence-electron chi connectivity index (χ4n) is 4.23. The molecular weight excluding hydrogens is 338 g/mol. The van der Waals surface area contributed by atoms with Crippen molar-refractivity contribution in [2.24, 2.45) is 5.92 Å². The molecule has 2 fully saturated rings. The Hall–Kier alpha value is -1.70. The molecule has 0 radical (unpaired) electrons. The van der Waals surface area contributed by atoms with Gasteiger partial charge in [0.15, 0.2) is 11.7 Å². The zero-order valence-electron chi connectivity index (χ0n) is 15.7. The minimum atomic E-state index is -1.90. The SMILES string of the molecule is C=C1CC(CC)C(=O)O[C@@H]2CC[N+]3(C)CC=C(COC(=O)C1(C)O)C23O. The Bertz CT molecular complexity index is 684. The van der Waals surface area contributed by atoms with Crippen molar-refractivity contribution < 1.29 is 33.8 Å². The molecule has 2 N–H and O–H groups in total. The van der Waals surface area contributed by atoms with Crippen LogP contribution in [0.2, 0.25) is 0 Å². The number of likely N-dealkylation sites (N-methyl/N-ethyl adjacent to an activating group) is 1. The van der Waals surface area contributed by atoms with Gasteiger partial charge in [0, 0.05) is 6.42 Å². The van der Waals surface area contributed by atoms with Gasteiger partial charge < -0.3 is 19.7 Å². The summed E-state index contributed by atoms with van der Waals surface area (Å²) in [6.07, 6.45) is 2.29. The maximum atomic E-state index is 12.7. The first-order valence-corrected chi connectivity index (χ1v) is 9.11. The number of aliphatic hydroxyl groups is 2. The highest BCUT2D eigenvalue weighted by atomic mass is 16.6. The molecule has 0 spiro atoms. The molecule has 7 nitrogen and oxygen atoms in total. The van der Waals surface area contributed by atoms with Crippen LogP contribution in [0.25, 0.3) is 0 Å². The van der Waals surface area contributed by atoms with Crippen molar-refractivity contribution in [1.82, 2.24) is 0 Å². The fourth-order valence-corrected chi connectivity index (χ4v) is 4.23. The molecule has 0 amide bonds. The van der Waals surface area contributed by atoms with Crippen LogP contribution in [0.3, 0.4) is 0 Å². The van der Waals surface area contributed by atoms with Crippen molar-refractivity contribution in [1.29, 1.82) is 0 Å². The Labute approximate surface area is 153 Å².